The summed E-state index contributed by atoms with van der Waals surface area (Å²) in [6.45, 7) is 0. The molecule has 1 amide bonds. The quantitative estimate of drug-likeness (QED) is 0.836. The lowest BCUT2D eigenvalue weighted by atomic mass is 10.1. The van der Waals surface area contributed by atoms with Gasteiger partial charge in [0.2, 0.25) is 5.91 Å². The maximum atomic E-state index is 10.7. The van der Waals surface area contributed by atoms with E-state index in [-0.39, 0.29) is 5.91 Å². The number of nitrogens with two attached hydrogens (primary N) is 1. The third-order valence-corrected chi connectivity index (χ3v) is 2.92. The van der Waals surface area contributed by atoms with Crippen molar-refractivity contribution in [1.82, 2.24) is 0 Å². The van der Waals surface area contributed by atoms with Crippen molar-refractivity contribution in [3.63, 3.8) is 0 Å². The number of carbonyl (C=O) groups excluding carboxylic acids is 1. The minimum absolute atomic E-state index is 0.377. The van der Waals surface area contributed by atoms with Crippen molar-refractivity contribution in [2.45, 2.75) is 4.83 Å². The average molecular weight is 293 g/mol. The zero-order chi connectivity index (χ0) is 9.14. The first-order chi connectivity index (χ1) is 5.61. The monoisotopic (exact) mass is 291 g/mol. The van der Waals surface area contributed by atoms with Crippen molar-refractivity contribution in [2.75, 3.05) is 0 Å². The summed E-state index contributed by atoms with van der Waals surface area (Å²) in [6, 6.07) is 7.42. The Morgan fingerprint density at radius 3 is 2.25 bits per heavy atom. The van der Waals surface area contributed by atoms with Gasteiger partial charge in [-0.2, -0.15) is 0 Å². The Morgan fingerprint density at radius 1 is 1.33 bits per heavy atom. The molecule has 1 atom stereocenters. The Bertz CT molecular complexity index is 284. The van der Waals surface area contributed by atoms with Crippen LogP contribution in [0.4, 0.5) is 0 Å². The van der Waals surface area contributed by atoms with E-state index in [9.17, 15) is 4.79 Å². The molecule has 1 rings (SSSR count). The van der Waals surface area contributed by atoms with Crippen molar-refractivity contribution in [3.8, 4) is 0 Å². The molecule has 0 aliphatic heterocycles. The fourth-order valence-corrected chi connectivity index (χ4v) is 1.37. The Labute approximate surface area is 87.4 Å². The summed E-state index contributed by atoms with van der Waals surface area (Å²) in [7, 11) is 0. The summed E-state index contributed by atoms with van der Waals surface area (Å²) in [5, 5.41) is 0. The maximum Gasteiger partial charge on any atom is 0.235 e. The Balaban J connectivity index is 2.89. The molecule has 1 aromatic rings. The second kappa shape index (κ2) is 4.05. The highest BCUT2D eigenvalue weighted by molar-refractivity contribution is 9.10. The first kappa shape index (κ1) is 9.74. The lowest BCUT2D eigenvalue weighted by Gasteiger charge is -2.04. The molecule has 4 heteroatoms. The SMILES string of the molecule is NC(=O)[C@H](Br)c1ccc(Br)cc1. The van der Waals surface area contributed by atoms with Crippen LogP contribution in [0.15, 0.2) is 28.7 Å². The number of carbonyl (C=O) groups is 1. The average Bonchev–Trinajstić information content (AvgIpc) is 2.04. The van der Waals surface area contributed by atoms with Gasteiger partial charge in [0.1, 0.15) is 4.83 Å². The zero-order valence-corrected chi connectivity index (χ0v) is 9.30. The van der Waals surface area contributed by atoms with E-state index in [2.05, 4.69) is 31.9 Å². The Hall–Kier alpha value is -0.350. The highest BCUT2D eigenvalue weighted by atomic mass is 79.9. The fraction of sp³-hybridized carbons (Fsp3) is 0.125. The first-order valence-corrected chi connectivity index (χ1v) is 5.01. The van der Waals surface area contributed by atoms with Crippen molar-refractivity contribution >= 4 is 37.8 Å². The van der Waals surface area contributed by atoms with Gasteiger partial charge in [0, 0.05) is 4.47 Å². The van der Waals surface area contributed by atoms with Gasteiger partial charge in [-0.1, -0.05) is 44.0 Å². The molecular weight excluding hydrogens is 286 g/mol. The van der Waals surface area contributed by atoms with Gasteiger partial charge in [-0.15, -0.1) is 0 Å². The molecule has 12 heavy (non-hydrogen) atoms. The van der Waals surface area contributed by atoms with Crippen molar-refractivity contribution in [1.29, 1.82) is 0 Å². The van der Waals surface area contributed by atoms with E-state index >= 15 is 0 Å². The molecule has 0 bridgehead atoms. The fourth-order valence-electron chi connectivity index (χ4n) is 0.796. The van der Waals surface area contributed by atoms with Gasteiger partial charge >= 0.3 is 0 Å². The summed E-state index contributed by atoms with van der Waals surface area (Å²) in [5.74, 6) is -0.377. The molecule has 0 radical (unpaired) electrons. The van der Waals surface area contributed by atoms with Crippen LogP contribution in [0.5, 0.6) is 0 Å². The summed E-state index contributed by atoms with van der Waals surface area (Å²) >= 11 is 6.49. The lowest BCUT2D eigenvalue weighted by molar-refractivity contribution is -0.117. The Kier molecular flexibility index (Phi) is 3.29. The van der Waals surface area contributed by atoms with E-state index in [0.29, 0.717) is 0 Å². The summed E-state index contributed by atoms with van der Waals surface area (Å²) < 4.78 is 0.982. The predicted octanol–water partition coefficient (Wildman–Crippen LogP) is 2.37. The summed E-state index contributed by atoms with van der Waals surface area (Å²) in [4.78, 5) is 10.4. The number of benzene rings is 1. The smallest absolute Gasteiger partial charge is 0.235 e. The molecule has 2 N–H and O–H groups in total. The van der Waals surface area contributed by atoms with Crippen LogP contribution in [0.3, 0.4) is 0 Å². The Morgan fingerprint density at radius 2 is 1.83 bits per heavy atom. The molecule has 0 saturated heterocycles. The number of halogens is 2. The van der Waals surface area contributed by atoms with Gasteiger partial charge in [-0.25, -0.2) is 0 Å². The standard InChI is InChI=1S/C8H7Br2NO/c9-6-3-1-5(2-4-6)7(10)8(11)12/h1-4,7H,(H2,11,12)/t7-/m1/s1. The van der Waals surface area contributed by atoms with Crippen LogP contribution in [0.2, 0.25) is 0 Å². The largest absolute Gasteiger partial charge is 0.368 e. The van der Waals surface area contributed by atoms with Gasteiger partial charge < -0.3 is 5.73 Å². The minimum atomic E-state index is -0.398. The van der Waals surface area contributed by atoms with E-state index in [4.69, 9.17) is 5.73 Å². The molecule has 0 aliphatic carbocycles. The molecule has 1 aromatic carbocycles. The van der Waals surface area contributed by atoms with Crippen molar-refractivity contribution in [2.24, 2.45) is 5.73 Å². The summed E-state index contributed by atoms with van der Waals surface area (Å²) in [6.07, 6.45) is 0. The molecule has 0 saturated carbocycles. The topological polar surface area (TPSA) is 43.1 Å². The second-order valence-corrected chi connectivity index (χ2v) is 4.15. The number of primary amides is 1. The van der Waals surface area contributed by atoms with Crippen LogP contribution >= 0.6 is 31.9 Å². The van der Waals surface area contributed by atoms with E-state index in [1.165, 1.54) is 0 Å². The predicted molar refractivity (Wildman–Crippen MR) is 55.0 cm³/mol. The van der Waals surface area contributed by atoms with Crippen LogP contribution in [0.1, 0.15) is 10.4 Å². The first-order valence-electron chi connectivity index (χ1n) is 3.30. The minimum Gasteiger partial charge on any atom is -0.368 e. The van der Waals surface area contributed by atoms with Gasteiger partial charge in [-0.3, -0.25) is 4.79 Å². The van der Waals surface area contributed by atoms with E-state index in [1.807, 2.05) is 24.3 Å². The molecule has 0 unspecified atom stereocenters. The normalized spacial score (nSPS) is 12.5. The van der Waals surface area contributed by atoms with Crippen LogP contribution in [-0.4, -0.2) is 5.91 Å². The lowest BCUT2D eigenvalue weighted by Crippen LogP contribution is -2.16. The van der Waals surface area contributed by atoms with Gasteiger partial charge in [0.05, 0.1) is 0 Å². The molecular formula is C8H7Br2NO. The molecule has 0 spiro atoms. The van der Waals surface area contributed by atoms with Crippen LogP contribution in [0.25, 0.3) is 0 Å². The van der Waals surface area contributed by atoms with E-state index in [1.54, 1.807) is 0 Å². The molecule has 0 fully saturated rings. The molecule has 2 nitrogen and oxygen atoms in total. The highest BCUT2D eigenvalue weighted by Crippen LogP contribution is 2.23. The third-order valence-electron chi connectivity index (χ3n) is 1.41. The van der Waals surface area contributed by atoms with Gasteiger partial charge in [0.25, 0.3) is 0 Å². The number of rotatable bonds is 2. The highest BCUT2D eigenvalue weighted by Gasteiger charge is 2.12. The number of amides is 1. The van der Waals surface area contributed by atoms with E-state index < -0.39 is 4.83 Å². The van der Waals surface area contributed by atoms with E-state index in [0.717, 1.165) is 10.0 Å². The molecule has 0 aromatic heterocycles. The van der Waals surface area contributed by atoms with Gasteiger partial charge in [0.15, 0.2) is 0 Å². The maximum absolute atomic E-state index is 10.7. The van der Waals surface area contributed by atoms with Crippen molar-refractivity contribution in [3.05, 3.63) is 34.3 Å². The number of hydrogen-bond donors (Lipinski definition) is 1. The summed E-state index contributed by atoms with van der Waals surface area (Å²) in [5.41, 5.74) is 5.97. The third kappa shape index (κ3) is 2.32. The number of alkyl halides is 1. The van der Waals surface area contributed by atoms with Crippen molar-refractivity contribution < 1.29 is 4.79 Å². The van der Waals surface area contributed by atoms with Gasteiger partial charge in [-0.05, 0) is 17.7 Å². The zero-order valence-electron chi connectivity index (χ0n) is 6.13. The molecule has 0 aliphatic rings. The van der Waals surface area contributed by atoms with Crippen LogP contribution in [0, 0.1) is 0 Å². The van der Waals surface area contributed by atoms with Crippen LogP contribution in [-0.2, 0) is 4.79 Å². The second-order valence-electron chi connectivity index (χ2n) is 2.32. The number of hydrogen-bond acceptors (Lipinski definition) is 1. The molecule has 64 valence electrons. The molecule has 0 heterocycles. The van der Waals surface area contributed by atoms with Crippen LogP contribution < -0.4 is 5.73 Å².